The lowest BCUT2D eigenvalue weighted by atomic mass is 9.84. The van der Waals surface area contributed by atoms with Crippen molar-refractivity contribution < 1.29 is 19.1 Å². The highest BCUT2D eigenvalue weighted by atomic mass is 16.5. The van der Waals surface area contributed by atoms with Gasteiger partial charge in [0.15, 0.2) is 0 Å². The number of anilines is 1. The smallest absolute Gasteiger partial charge is 0.306 e. The van der Waals surface area contributed by atoms with Crippen LogP contribution in [0.1, 0.15) is 95.8 Å². The van der Waals surface area contributed by atoms with Gasteiger partial charge < -0.3 is 14.8 Å². The lowest BCUT2D eigenvalue weighted by molar-refractivity contribution is -0.143. The van der Waals surface area contributed by atoms with Gasteiger partial charge >= 0.3 is 5.97 Å². The van der Waals surface area contributed by atoms with Gasteiger partial charge in [-0.05, 0) is 59.9 Å². The Morgan fingerprint density at radius 2 is 1.77 bits per heavy atom. The Hall–Kier alpha value is -2.82. The van der Waals surface area contributed by atoms with Gasteiger partial charge in [0.2, 0.25) is 5.91 Å². The zero-order valence-electron chi connectivity index (χ0n) is 22.4. The second-order valence-electron chi connectivity index (χ2n) is 10.1. The summed E-state index contributed by atoms with van der Waals surface area (Å²) < 4.78 is 10.7. The van der Waals surface area contributed by atoms with E-state index in [-0.39, 0.29) is 23.2 Å². The molecule has 1 unspecified atom stereocenters. The SMILES string of the molecule is CCCCCC(CC(=O)Nc1cc(CCC(=O)OCC)ccc1C(C)(C)C)c1ccccc1OC. The molecule has 0 spiro atoms. The molecule has 0 aromatic heterocycles. The van der Waals surface area contributed by atoms with E-state index in [1.54, 1.807) is 7.11 Å². The van der Waals surface area contributed by atoms with Gasteiger partial charge in [-0.3, -0.25) is 9.59 Å². The number of benzene rings is 2. The second kappa shape index (κ2) is 13.9. The molecule has 2 aromatic rings. The van der Waals surface area contributed by atoms with E-state index in [0.717, 1.165) is 53.8 Å². The Balaban J connectivity index is 2.24. The van der Waals surface area contributed by atoms with Gasteiger partial charge in [0, 0.05) is 18.5 Å². The van der Waals surface area contributed by atoms with Crippen LogP contribution in [0.15, 0.2) is 42.5 Å². The summed E-state index contributed by atoms with van der Waals surface area (Å²) >= 11 is 0. The molecule has 1 atom stereocenters. The zero-order valence-corrected chi connectivity index (χ0v) is 22.4. The molecule has 0 aliphatic rings. The molecule has 0 radical (unpaired) electrons. The minimum atomic E-state index is -0.204. The first-order valence-corrected chi connectivity index (χ1v) is 12.9. The third-order valence-electron chi connectivity index (χ3n) is 6.26. The molecule has 0 aliphatic heterocycles. The molecule has 0 bridgehead atoms. The number of amides is 1. The van der Waals surface area contributed by atoms with Crippen molar-refractivity contribution in [1.82, 2.24) is 0 Å². The zero-order chi connectivity index (χ0) is 25.8. The number of esters is 1. The van der Waals surface area contributed by atoms with E-state index in [4.69, 9.17) is 9.47 Å². The number of hydrogen-bond acceptors (Lipinski definition) is 4. The first kappa shape index (κ1) is 28.4. The summed E-state index contributed by atoms with van der Waals surface area (Å²) in [6.45, 7) is 10.8. The monoisotopic (exact) mass is 481 g/mol. The first-order valence-electron chi connectivity index (χ1n) is 12.9. The van der Waals surface area contributed by atoms with Gasteiger partial charge in [0.25, 0.3) is 0 Å². The van der Waals surface area contributed by atoms with Crippen molar-refractivity contribution in [3.63, 3.8) is 0 Å². The van der Waals surface area contributed by atoms with E-state index in [1.807, 2.05) is 37.3 Å². The number of nitrogens with one attached hydrogen (secondary N) is 1. The summed E-state index contributed by atoms with van der Waals surface area (Å²) in [7, 11) is 1.68. The number of aryl methyl sites for hydroxylation is 1. The maximum Gasteiger partial charge on any atom is 0.306 e. The summed E-state index contributed by atoms with van der Waals surface area (Å²) in [5, 5.41) is 3.20. The highest BCUT2D eigenvalue weighted by Gasteiger charge is 2.23. The largest absolute Gasteiger partial charge is 0.496 e. The average Bonchev–Trinajstić information content (AvgIpc) is 2.81. The van der Waals surface area contributed by atoms with Crippen LogP contribution in [-0.2, 0) is 26.2 Å². The van der Waals surface area contributed by atoms with Crippen LogP contribution in [0.4, 0.5) is 5.69 Å². The predicted octanol–water partition coefficient (Wildman–Crippen LogP) is 7.18. The maximum atomic E-state index is 13.3. The summed E-state index contributed by atoms with van der Waals surface area (Å²) in [5.41, 5.74) is 3.85. The Labute approximate surface area is 211 Å². The number of methoxy groups -OCH3 is 1. The van der Waals surface area contributed by atoms with E-state index in [9.17, 15) is 9.59 Å². The molecule has 192 valence electrons. The molecule has 0 saturated heterocycles. The van der Waals surface area contributed by atoms with Crippen LogP contribution < -0.4 is 10.1 Å². The quantitative estimate of drug-likeness (QED) is 0.243. The van der Waals surface area contributed by atoms with Crippen LogP contribution in [0.3, 0.4) is 0 Å². The predicted molar refractivity (Wildman–Crippen MR) is 143 cm³/mol. The number of ether oxygens (including phenoxy) is 2. The lowest BCUT2D eigenvalue weighted by Crippen LogP contribution is -2.21. The molecule has 0 aliphatic carbocycles. The number of carbonyl (C=O) groups excluding carboxylic acids is 2. The minimum absolute atomic E-state index is 0.00885. The average molecular weight is 482 g/mol. The lowest BCUT2D eigenvalue weighted by Gasteiger charge is -2.25. The molecule has 2 aromatic carbocycles. The van der Waals surface area contributed by atoms with Gasteiger partial charge in [-0.2, -0.15) is 0 Å². The number of para-hydroxylation sites is 1. The first-order chi connectivity index (χ1) is 16.7. The second-order valence-corrected chi connectivity index (χ2v) is 10.1. The van der Waals surface area contributed by atoms with Crippen LogP contribution in [0.25, 0.3) is 0 Å². The highest BCUT2D eigenvalue weighted by molar-refractivity contribution is 5.92. The number of carbonyl (C=O) groups is 2. The van der Waals surface area contributed by atoms with E-state index >= 15 is 0 Å². The van der Waals surface area contributed by atoms with Crippen LogP contribution >= 0.6 is 0 Å². The fourth-order valence-corrected chi connectivity index (χ4v) is 4.42. The van der Waals surface area contributed by atoms with Crippen molar-refractivity contribution in [2.75, 3.05) is 19.0 Å². The third-order valence-corrected chi connectivity index (χ3v) is 6.26. The standard InChI is InChI=1S/C30H43NO4/c1-7-9-10-13-23(24-14-11-12-15-27(24)34-6)21-28(32)31-26-20-22(17-19-29(33)35-8-2)16-18-25(26)30(3,4)5/h11-12,14-16,18,20,23H,7-10,13,17,19,21H2,1-6H3,(H,31,32). The van der Waals surface area contributed by atoms with E-state index < -0.39 is 0 Å². The van der Waals surface area contributed by atoms with Gasteiger partial charge in [0.05, 0.1) is 13.7 Å². The maximum absolute atomic E-state index is 13.3. The highest BCUT2D eigenvalue weighted by Crippen LogP contribution is 2.35. The normalized spacial score (nSPS) is 12.2. The summed E-state index contributed by atoms with van der Waals surface area (Å²) in [6.07, 6.45) is 5.58. The topological polar surface area (TPSA) is 64.6 Å². The third kappa shape index (κ3) is 9.04. The Morgan fingerprint density at radius 1 is 1.03 bits per heavy atom. The Bertz CT molecular complexity index is 961. The van der Waals surface area contributed by atoms with Crippen LogP contribution in [0, 0.1) is 0 Å². The molecule has 1 amide bonds. The molecule has 35 heavy (non-hydrogen) atoms. The summed E-state index contributed by atoms with van der Waals surface area (Å²) in [4.78, 5) is 25.2. The summed E-state index contributed by atoms with van der Waals surface area (Å²) in [5.74, 6) is 0.705. The molecule has 2 rings (SSSR count). The Kier molecular flexibility index (Phi) is 11.3. The van der Waals surface area contributed by atoms with Crippen molar-refractivity contribution in [2.24, 2.45) is 0 Å². The number of rotatable bonds is 13. The van der Waals surface area contributed by atoms with Crippen LogP contribution in [-0.4, -0.2) is 25.6 Å². The van der Waals surface area contributed by atoms with E-state index in [1.165, 1.54) is 0 Å². The van der Waals surface area contributed by atoms with E-state index in [2.05, 4.69) is 45.1 Å². The molecule has 1 N–H and O–H groups in total. The van der Waals surface area contributed by atoms with Crippen LogP contribution in [0.5, 0.6) is 5.75 Å². The van der Waals surface area contributed by atoms with Crippen molar-refractivity contribution >= 4 is 17.6 Å². The minimum Gasteiger partial charge on any atom is -0.496 e. The van der Waals surface area contributed by atoms with Crippen molar-refractivity contribution in [1.29, 1.82) is 0 Å². The molecule has 5 heteroatoms. The van der Waals surface area contributed by atoms with Gasteiger partial charge in [-0.1, -0.05) is 77.3 Å². The Morgan fingerprint density at radius 3 is 2.43 bits per heavy atom. The van der Waals surface area contributed by atoms with Crippen LogP contribution in [0.2, 0.25) is 0 Å². The molecule has 0 fully saturated rings. The van der Waals surface area contributed by atoms with E-state index in [0.29, 0.717) is 25.9 Å². The molecule has 5 nitrogen and oxygen atoms in total. The number of unbranched alkanes of at least 4 members (excludes halogenated alkanes) is 2. The fraction of sp³-hybridized carbons (Fsp3) is 0.533. The van der Waals surface area contributed by atoms with Crippen molar-refractivity contribution in [3.8, 4) is 5.75 Å². The van der Waals surface area contributed by atoms with Gasteiger partial charge in [-0.15, -0.1) is 0 Å². The molecular formula is C30H43NO4. The molecule has 0 saturated carbocycles. The number of hydrogen-bond donors (Lipinski definition) is 1. The fourth-order valence-electron chi connectivity index (χ4n) is 4.42. The molecule has 0 heterocycles. The van der Waals surface area contributed by atoms with Gasteiger partial charge in [-0.25, -0.2) is 0 Å². The molecular weight excluding hydrogens is 438 g/mol. The van der Waals surface area contributed by atoms with Crippen molar-refractivity contribution in [2.45, 2.75) is 90.9 Å². The van der Waals surface area contributed by atoms with Crippen molar-refractivity contribution in [3.05, 3.63) is 59.2 Å². The van der Waals surface area contributed by atoms with Gasteiger partial charge in [0.1, 0.15) is 5.75 Å². The summed E-state index contributed by atoms with van der Waals surface area (Å²) in [6, 6.07) is 14.1.